The van der Waals surface area contributed by atoms with Crippen molar-refractivity contribution in [1.29, 1.82) is 0 Å². The van der Waals surface area contributed by atoms with E-state index < -0.39 is 5.54 Å². The van der Waals surface area contributed by atoms with Crippen LogP contribution >= 0.6 is 0 Å². The van der Waals surface area contributed by atoms with E-state index in [4.69, 9.17) is 15.2 Å². The number of methoxy groups -OCH3 is 1. The summed E-state index contributed by atoms with van der Waals surface area (Å²) >= 11 is 0. The number of carbonyl (C=O) groups excluding carboxylic acids is 1. The van der Waals surface area contributed by atoms with Crippen LogP contribution in [0.25, 0.3) is 0 Å². The Morgan fingerprint density at radius 3 is 2.81 bits per heavy atom. The van der Waals surface area contributed by atoms with Gasteiger partial charge >= 0.3 is 0 Å². The van der Waals surface area contributed by atoms with E-state index in [1.165, 1.54) is 10.6 Å². The Labute approximate surface area is 124 Å². The molecule has 0 aromatic carbocycles. The van der Waals surface area contributed by atoms with Crippen molar-refractivity contribution >= 4 is 5.91 Å². The number of hydrogen-bond donors (Lipinski definition) is 2. The summed E-state index contributed by atoms with van der Waals surface area (Å²) in [6.45, 7) is 4.64. The molecule has 0 aliphatic heterocycles. The Hall–Kier alpha value is -1.86. The van der Waals surface area contributed by atoms with E-state index in [1.54, 1.807) is 19.4 Å². The maximum Gasteiger partial charge on any atom is 0.292 e. The van der Waals surface area contributed by atoms with Gasteiger partial charge in [0.1, 0.15) is 0 Å². The van der Waals surface area contributed by atoms with Crippen molar-refractivity contribution in [3.8, 4) is 5.75 Å². The molecule has 0 aliphatic carbocycles. The van der Waals surface area contributed by atoms with Gasteiger partial charge in [-0.3, -0.25) is 9.59 Å². The molecule has 0 unspecified atom stereocenters. The first-order chi connectivity index (χ1) is 9.83. The summed E-state index contributed by atoms with van der Waals surface area (Å²) in [5, 5.41) is 2.61. The van der Waals surface area contributed by atoms with Crippen molar-refractivity contribution in [2.75, 3.05) is 26.9 Å². The molecule has 118 valence electrons. The van der Waals surface area contributed by atoms with E-state index in [-0.39, 0.29) is 23.8 Å². The summed E-state index contributed by atoms with van der Waals surface area (Å²) in [5.41, 5.74) is 5.08. The fourth-order valence-corrected chi connectivity index (χ4v) is 1.68. The highest BCUT2D eigenvalue weighted by Crippen LogP contribution is 2.05. The zero-order valence-electron chi connectivity index (χ0n) is 12.7. The third kappa shape index (κ3) is 6.42. The number of nitrogens with two attached hydrogens (primary N) is 1. The van der Waals surface area contributed by atoms with Crippen molar-refractivity contribution < 1.29 is 14.3 Å². The number of ether oxygens (including phenoxy) is 2. The highest BCUT2D eigenvalue weighted by molar-refractivity contribution is 5.77. The molecule has 1 amide bonds. The van der Waals surface area contributed by atoms with Crippen LogP contribution < -0.4 is 21.3 Å². The Kier molecular flexibility index (Phi) is 6.39. The molecule has 3 N–H and O–H groups in total. The number of hydrogen-bond acceptors (Lipinski definition) is 5. The maximum absolute atomic E-state index is 12.2. The molecule has 1 rings (SSSR count). The van der Waals surface area contributed by atoms with E-state index in [2.05, 4.69) is 5.32 Å². The predicted molar refractivity (Wildman–Crippen MR) is 79.3 cm³/mol. The highest BCUT2D eigenvalue weighted by atomic mass is 16.5. The molecule has 0 bridgehead atoms. The van der Waals surface area contributed by atoms with Gasteiger partial charge in [0.05, 0.1) is 6.61 Å². The van der Waals surface area contributed by atoms with Gasteiger partial charge in [0.2, 0.25) is 0 Å². The Balaban J connectivity index is 2.62. The van der Waals surface area contributed by atoms with Crippen LogP contribution in [0.15, 0.2) is 23.1 Å². The summed E-state index contributed by atoms with van der Waals surface area (Å²) in [7, 11) is 1.55. The van der Waals surface area contributed by atoms with Crippen molar-refractivity contribution in [3.05, 3.63) is 28.7 Å². The minimum Gasteiger partial charge on any atom is -0.478 e. The largest absolute Gasteiger partial charge is 0.478 e. The molecular formula is C14H23N3O4. The van der Waals surface area contributed by atoms with Crippen LogP contribution in [0.4, 0.5) is 0 Å². The second-order valence-corrected chi connectivity index (χ2v) is 5.43. The number of rotatable bonds is 8. The molecule has 1 heterocycles. The molecule has 7 heteroatoms. The Bertz CT molecular complexity index is 520. The number of nitrogens with zero attached hydrogens (tertiary/aromatic N) is 1. The molecule has 0 spiro atoms. The number of nitrogens with one attached hydrogen (secondary N) is 1. The first-order valence-corrected chi connectivity index (χ1v) is 6.70. The molecule has 0 fully saturated rings. The highest BCUT2D eigenvalue weighted by Gasteiger charge is 2.14. The number of carbonyl (C=O) groups is 1. The van der Waals surface area contributed by atoms with Crippen LogP contribution in [0, 0.1) is 0 Å². The van der Waals surface area contributed by atoms with Crippen LogP contribution in [0.2, 0.25) is 0 Å². The standard InChI is InChI=1S/C14H23N3O4/c1-14(2,15)10-17-7-4-5-11(13(17)19)21-9-12(18)16-6-8-20-3/h4-5,7H,6,8-10,15H2,1-3H3,(H,16,18). The van der Waals surface area contributed by atoms with E-state index in [0.29, 0.717) is 19.7 Å². The van der Waals surface area contributed by atoms with Crippen LogP contribution in [0.5, 0.6) is 5.75 Å². The van der Waals surface area contributed by atoms with Gasteiger partial charge in [0, 0.05) is 31.9 Å². The predicted octanol–water partition coefficient (Wildman–Crippen LogP) is -0.273. The first-order valence-electron chi connectivity index (χ1n) is 6.70. The summed E-state index contributed by atoms with van der Waals surface area (Å²) < 4.78 is 11.5. The molecule has 0 saturated heterocycles. The van der Waals surface area contributed by atoms with Gasteiger partial charge in [-0.25, -0.2) is 0 Å². The fourth-order valence-electron chi connectivity index (χ4n) is 1.68. The van der Waals surface area contributed by atoms with Gasteiger partial charge in [-0.05, 0) is 26.0 Å². The minimum absolute atomic E-state index is 0.128. The van der Waals surface area contributed by atoms with Gasteiger partial charge in [-0.15, -0.1) is 0 Å². The van der Waals surface area contributed by atoms with Gasteiger partial charge in [-0.1, -0.05) is 0 Å². The number of aromatic nitrogens is 1. The van der Waals surface area contributed by atoms with Crippen molar-refractivity contribution in [1.82, 2.24) is 9.88 Å². The third-order valence-corrected chi connectivity index (χ3v) is 2.55. The molecule has 0 atom stereocenters. The molecule has 1 aromatic heterocycles. The SMILES string of the molecule is COCCNC(=O)COc1cccn(CC(C)(C)N)c1=O. The topological polar surface area (TPSA) is 95.6 Å². The van der Waals surface area contributed by atoms with Crippen LogP contribution in [-0.2, 0) is 16.1 Å². The van der Waals surface area contributed by atoms with Gasteiger partial charge in [0.15, 0.2) is 12.4 Å². The fraction of sp³-hybridized carbons (Fsp3) is 0.571. The van der Waals surface area contributed by atoms with E-state index in [1.807, 2.05) is 13.8 Å². The molecule has 0 radical (unpaired) electrons. The first kappa shape index (κ1) is 17.2. The van der Waals surface area contributed by atoms with E-state index in [0.717, 1.165) is 0 Å². The molecule has 7 nitrogen and oxygen atoms in total. The van der Waals surface area contributed by atoms with Crippen molar-refractivity contribution in [2.45, 2.75) is 25.9 Å². The summed E-state index contributed by atoms with van der Waals surface area (Å²) in [6, 6.07) is 3.22. The quantitative estimate of drug-likeness (QED) is 0.644. The molecule has 21 heavy (non-hydrogen) atoms. The lowest BCUT2D eigenvalue weighted by atomic mass is 10.1. The summed E-state index contributed by atoms with van der Waals surface area (Å²) in [4.78, 5) is 23.6. The number of amides is 1. The normalized spacial score (nSPS) is 11.2. The Morgan fingerprint density at radius 1 is 1.48 bits per heavy atom. The smallest absolute Gasteiger partial charge is 0.292 e. The van der Waals surface area contributed by atoms with Gasteiger partial charge in [-0.2, -0.15) is 0 Å². The van der Waals surface area contributed by atoms with Crippen molar-refractivity contribution in [3.63, 3.8) is 0 Å². The van der Waals surface area contributed by atoms with Crippen molar-refractivity contribution in [2.24, 2.45) is 5.73 Å². The molecule has 0 aliphatic rings. The van der Waals surface area contributed by atoms with Gasteiger partial charge < -0.3 is 25.1 Å². The average Bonchev–Trinajstić information content (AvgIpc) is 2.38. The zero-order valence-corrected chi connectivity index (χ0v) is 12.7. The van der Waals surface area contributed by atoms with Gasteiger partial charge in [0.25, 0.3) is 11.5 Å². The lowest BCUT2D eigenvalue weighted by molar-refractivity contribution is -0.123. The average molecular weight is 297 g/mol. The second kappa shape index (κ2) is 7.80. The lowest BCUT2D eigenvalue weighted by Gasteiger charge is -2.20. The van der Waals surface area contributed by atoms with Crippen LogP contribution in [-0.4, -0.2) is 42.9 Å². The molecular weight excluding hydrogens is 274 g/mol. The van der Waals surface area contributed by atoms with Crippen LogP contribution in [0.3, 0.4) is 0 Å². The second-order valence-electron chi connectivity index (χ2n) is 5.43. The van der Waals surface area contributed by atoms with E-state index >= 15 is 0 Å². The lowest BCUT2D eigenvalue weighted by Crippen LogP contribution is -2.40. The maximum atomic E-state index is 12.2. The third-order valence-electron chi connectivity index (χ3n) is 2.55. The zero-order chi connectivity index (χ0) is 15.9. The summed E-state index contributed by atoms with van der Waals surface area (Å²) in [5.74, 6) is -0.176. The Morgan fingerprint density at radius 2 is 2.19 bits per heavy atom. The number of pyridine rings is 1. The summed E-state index contributed by atoms with van der Waals surface area (Å²) in [6.07, 6.45) is 1.64. The monoisotopic (exact) mass is 297 g/mol. The minimum atomic E-state index is -0.514. The molecule has 0 saturated carbocycles. The molecule has 1 aromatic rings. The van der Waals surface area contributed by atoms with E-state index in [9.17, 15) is 9.59 Å². The van der Waals surface area contributed by atoms with Crippen LogP contribution in [0.1, 0.15) is 13.8 Å².